The van der Waals surface area contributed by atoms with Crippen LogP contribution in [0, 0.1) is 18.3 Å². The number of aryl methyl sites for hydroxylation is 2. The van der Waals surface area contributed by atoms with E-state index in [9.17, 15) is 4.79 Å². The molecular formula is C10H14N4OS. The molecule has 0 fully saturated rings. The molecule has 6 heteroatoms. The van der Waals surface area contributed by atoms with Gasteiger partial charge < -0.3 is 4.90 Å². The number of nitriles is 1. The summed E-state index contributed by atoms with van der Waals surface area (Å²) in [5.41, 5.74) is 1.84. The second-order valence-corrected chi connectivity index (χ2v) is 3.90. The second kappa shape index (κ2) is 5.56. The van der Waals surface area contributed by atoms with Crippen molar-refractivity contribution >= 4 is 17.9 Å². The number of amides is 1. The maximum Gasteiger partial charge on any atom is 0.278 e. The molecule has 16 heavy (non-hydrogen) atoms. The molecule has 0 unspecified atom stereocenters. The molecule has 0 N–H and O–H groups in total. The number of thiol groups is 1. The normalized spacial score (nSPS) is 9.88. The zero-order valence-electron chi connectivity index (χ0n) is 9.34. The molecule has 1 rings (SSSR count). The summed E-state index contributed by atoms with van der Waals surface area (Å²) in [5.74, 6) is 0. The molecule has 1 aromatic rings. The fourth-order valence-electron chi connectivity index (χ4n) is 1.44. The van der Waals surface area contributed by atoms with Crippen molar-refractivity contribution in [2.24, 2.45) is 7.05 Å². The summed E-state index contributed by atoms with van der Waals surface area (Å²) in [7, 11) is 1.83. The summed E-state index contributed by atoms with van der Waals surface area (Å²) in [5, 5.41) is 12.4. The highest BCUT2D eigenvalue weighted by Gasteiger charge is 2.12. The van der Waals surface area contributed by atoms with Crippen molar-refractivity contribution < 1.29 is 4.79 Å². The summed E-state index contributed by atoms with van der Waals surface area (Å²) in [4.78, 5) is 12.7. The van der Waals surface area contributed by atoms with Crippen LogP contribution < -0.4 is 0 Å². The van der Waals surface area contributed by atoms with Gasteiger partial charge >= 0.3 is 0 Å². The van der Waals surface area contributed by atoms with Gasteiger partial charge in [0.1, 0.15) is 0 Å². The van der Waals surface area contributed by atoms with E-state index in [0.29, 0.717) is 19.5 Å². The Hall–Kier alpha value is -1.48. The van der Waals surface area contributed by atoms with Gasteiger partial charge in [-0.15, -0.1) is 0 Å². The molecule has 0 aliphatic carbocycles. The SMILES string of the molecule is Cc1cc(CN(CCC#N)C(=O)S)n(C)n1. The van der Waals surface area contributed by atoms with Crippen LogP contribution in [-0.4, -0.2) is 26.5 Å². The van der Waals surface area contributed by atoms with Crippen molar-refractivity contribution in [3.63, 3.8) is 0 Å². The first-order chi connectivity index (χ1) is 7.54. The van der Waals surface area contributed by atoms with Crippen LogP contribution in [0.5, 0.6) is 0 Å². The van der Waals surface area contributed by atoms with Crippen molar-refractivity contribution in [1.82, 2.24) is 14.7 Å². The Morgan fingerprint density at radius 3 is 2.88 bits per heavy atom. The average Bonchev–Trinajstić information content (AvgIpc) is 2.51. The first-order valence-electron chi connectivity index (χ1n) is 4.89. The van der Waals surface area contributed by atoms with Crippen LogP contribution in [0.25, 0.3) is 0 Å². The Morgan fingerprint density at radius 1 is 1.75 bits per heavy atom. The molecule has 5 nitrogen and oxygen atoms in total. The van der Waals surface area contributed by atoms with Crippen molar-refractivity contribution in [2.45, 2.75) is 19.9 Å². The Balaban J connectivity index is 2.72. The van der Waals surface area contributed by atoms with Crippen LogP contribution in [0.3, 0.4) is 0 Å². The number of carbonyl (C=O) groups is 1. The van der Waals surface area contributed by atoms with Gasteiger partial charge in [-0.2, -0.15) is 10.4 Å². The maximum absolute atomic E-state index is 11.2. The molecule has 0 spiro atoms. The van der Waals surface area contributed by atoms with Gasteiger partial charge in [0.05, 0.1) is 30.4 Å². The summed E-state index contributed by atoms with van der Waals surface area (Å²) in [6.45, 7) is 2.72. The van der Waals surface area contributed by atoms with Crippen LogP contribution in [0.4, 0.5) is 4.79 Å². The zero-order valence-corrected chi connectivity index (χ0v) is 10.2. The van der Waals surface area contributed by atoms with Crippen molar-refractivity contribution in [3.8, 4) is 6.07 Å². The molecule has 0 aliphatic rings. The van der Waals surface area contributed by atoms with Gasteiger partial charge in [0.2, 0.25) is 0 Å². The fraction of sp³-hybridized carbons (Fsp3) is 0.500. The maximum atomic E-state index is 11.2. The summed E-state index contributed by atoms with van der Waals surface area (Å²) in [6.07, 6.45) is 0.309. The van der Waals surface area contributed by atoms with Gasteiger partial charge in [0.15, 0.2) is 0 Å². The van der Waals surface area contributed by atoms with Crippen LogP contribution in [0.15, 0.2) is 6.07 Å². The molecule has 1 aromatic heterocycles. The third kappa shape index (κ3) is 3.28. The molecule has 1 amide bonds. The molecule has 0 bridgehead atoms. The molecular weight excluding hydrogens is 224 g/mol. The second-order valence-electron chi connectivity index (χ2n) is 3.51. The third-order valence-corrected chi connectivity index (χ3v) is 2.50. The minimum atomic E-state index is -0.325. The van der Waals surface area contributed by atoms with E-state index in [1.165, 1.54) is 4.90 Å². The molecule has 0 radical (unpaired) electrons. The van der Waals surface area contributed by atoms with Gasteiger partial charge in [0, 0.05) is 13.6 Å². The predicted octanol–water partition coefficient (Wildman–Crippen LogP) is 1.49. The quantitative estimate of drug-likeness (QED) is 0.808. The zero-order chi connectivity index (χ0) is 12.1. The van der Waals surface area contributed by atoms with E-state index in [2.05, 4.69) is 17.7 Å². The third-order valence-electron chi connectivity index (χ3n) is 2.22. The molecule has 0 aliphatic heterocycles. The minimum absolute atomic E-state index is 0.309. The molecule has 1 heterocycles. The van der Waals surface area contributed by atoms with Crippen LogP contribution in [0.1, 0.15) is 17.8 Å². The van der Waals surface area contributed by atoms with Gasteiger partial charge in [-0.25, -0.2) is 0 Å². The molecule has 0 aromatic carbocycles. The van der Waals surface area contributed by atoms with Gasteiger partial charge in [-0.1, -0.05) is 12.6 Å². The highest BCUT2D eigenvalue weighted by molar-refractivity contribution is 7.96. The van der Waals surface area contributed by atoms with E-state index >= 15 is 0 Å². The Morgan fingerprint density at radius 2 is 2.44 bits per heavy atom. The van der Waals surface area contributed by atoms with Crippen LogP contribution in [0.2, 0.25) is 0 Å². The van der Waals surface area contributed by atoms with Crippen molar-refractivity contribution in [2.75, 3.05) is 6.54 Å². The smallest absolute Gasteiger partial charge is 0.278 e. The monoisotopic (exact) mass is 238 g/mol. The van der Waals surface area contributed by atoms with E-state index < -0.39 is 0 Å². The Bertz CT molecular complexity index is 421. The number of hydrogen-bond donors (Lipinski definition) is 1. The number of hydrogen-bond acceptors (Lipinski definition) is 3. The molecule has 0 saturated heterocycles. The number of aromatic nitrogens is 2. The molecule has 0 atom stereocenters. The lowest BCUT2D eigenvalue weighted by Crippen LogP contribution is -2.27. The van der Waals surface area contributed by atoms with E-state index in [0.717, 1.165) is 11.4 Å². The standard InChI is InChI=1S/C10H14N4OS/c1-8-6-9(13(2)12-8)7-14(10(15)16)5-3-4-11/h6H,3,5,7H2,1-2H3,(H,15,16). The molecule has 86 valence electrons. The summed E-state index contributed by atoms with van der Waals surface area (Å²) >= 11 is 3.79. The lowest BCUT2D eigenvalue weighted by molar-refractivity contribution is 0.221. The van der Waals surface area contributed by atoms with E-state index in [-0.39, 0.29) is 5.24 Å². The van der Waals surface area contributed by atoms with Crippen molar-refractivity contribution in [1.29, 1.82) is 5.26 Å². The Labute approximate surface area is 100 Å². The van der Waals surface area contributed by atoms with E-state index in [1.54, 1.807) is 4.68 Å². The largest absolute Gasteiger partial charge is 0.327 e. The lowest BCUT2D eigenvalue weighted by Gasteiger charge is -2.18. The Kier molecular flexibility index (Phi) is 4.38. The van der Waals surface area contributed by atoms with Crippen LogP contribution >= 0.6 is 12.6 Å². The van der Waals surface area contributed by atoms with Gasteiger partial charge in [-0.3, -0.25) is 9.48 Å². The van der Waals surface area contributed by atoms with Crippen LogP contribution in [-0.2, 0) is 13.6 Å². The fourth-order valence-corrected chi connectivity index (χ4v) is 1.61. The minimum Gasteiger partial charge on any atom is -0.327 e. The van der Waals surface area contributed by atoms with E-state index in [1.807, 2.05) is 26.1 Å². The first-order valence-corrected chi connectivity index (χ1v) is 5.33. The average molecular weight is 238 g/mol. The predicted molar refractivity (Wildman–Crippen MR) is 63.0 cm³/mol. The molecule has 0 saturated carbocycles. The lowest BCUT2D eigenvalue weighted by atomic mass is 10.3. The highest BCUT2D eigenvalue weighted by atomic mass is 32.1. The number of nitrogens with zero attached hydrogens (tertiary/aromatic N) is 4. The summed E-state index contributed by atoms with van der Waals surface area (Å²) < 4.78 is 1.73. The van der Waals surface area contributed by atoms with Gasteiger partial charge in [-0.05, 0) is 13.0 Å². The first kappa shape index (κ1) is 12.6. The van der Waals surface area contributed by atoms with Crippen molar-refractivity contribution in [3.05, 3.63) is 17.5 Å². The topological polar surface area (TPSA) is 61.9 Å². The number of rotatable bonds is 4. The van der Waals surface area contributed by atoms with E-state index in [4.69, 9.17) is 5.26 Å². The van der Waals surface area contributed by atoms with Gasteiger partial charge in [0.25, 0.3) is 5.24 Å². The highest BCUT2D eigenvalue weighted by Crippen LogP contribution is 2.08. The summed E-state index contributed by atoms with van der Waals surface area (Å²) in [6, 6.07) is 3.92. The number of carbonyl (C=O) groups excluding carboxylic acids is 1.